The lowest BCUT2D eigenvalue weighted by molar-refractivity contribution is -0.133. The summed E-state index contributed by atoms with van der Waals surface area (Å²) in [5, 5.41) is 0.822. The molecule has 1 heterocycles. The summed E-state index contributed by atoms with van der Waals surface area (Å²) in [5.74, 6) is 0.00259. The van der Waals surface area contributed by atoms with Gasteiger partial charge in [-0.1, -0.05) is 35.0 Å². The van der Waals surface area contributed by atoms with E-state index in [0.29, 0.717) is 17.7 Å². The van der Waals surface area contributed by atoms with Gasteiger partial charge in [-0.25, -0.2) is 0 Å². The molecule has 1 aromatic carbocycles. The number of esters is 1. The first-order chi connectivity index (χ1) is 8.61. The summed E-state index contributed by atoms with van der Waals surface area (Å²) in [6.07, 6.45) is 0.639. The molecule has 5 heteroatoms. The van der Waals surface area contributed by atoms with Crippen molar-refractivity contribution in [2.45, 2.75) is 18.2 Å². The maximum atomic E-state index is 11.7. The number of alkyl halides is 1. The molecule has 0 radical (unpaired) electrons. The average molecular weight is 310 g/mol. The van der Waals surface area contributed by atoms with Gasteiger partial charge in [0.05, 0.1) is 5.52 Å². The number of benzene rings is 1. The Balaban J connectivity index is 2.42. The highest BCUT2D eigenvalue weighted by Crippen LogP contribution is 2.23. The molecular formula is C13H12BrNO3. The number of aromatic amines is 1. The van der Waals surface area contributed by atoms with E-state index in [1.807, 2.05) is 13.0 Å². The molecule has 0 spiro atoms. The highest BCUT2D eigenvalue weighted by Gasteiger charge is 2.16. The molecule has 0 saturated heterocycles. The van der Waals surface area contributed by atoms with Crippen molar-refractivity contribution in [1.29, 1.82) is 0 Å². The van der Waals surface area contributed by atoms with Crippen LogP contribution in [0.25, 0.3) is 10.9 Å². The van der Waals surface area contributed by atoms with Gasteiger partial charge in [0, 0.05) is 11.5 Å². The van der Waals surface area contributed by atoms with Crippen LogP contribution < -0.4 is 10.3 Å². The minimum Gasteiger partial charge on any atom is -0.423 e. The van der Waals surface area contributed by atoms with Gasteiger partial charge in [-0.3, -0.25) is 9.59 Å². The second-order valence-corrected chi connectivity index (χ2v) is 4.95. The quantitative estimate of drug-likeness (QED) is 0.538. The summed E-state index contributed by atoms with van der Waals surface area (Å²) in [6, 6.07) is 8.41. The first kappa shape index (κ1) is 12.8. The fraction of sp³-hybridized carbons (Fsp3) is 0.231. The molecule has 18 heavy (non-hydrogen) atoms. The number of carbonyl (C=O) groups is 1. The molecule has 2 aromatic rings. The molecule has 0 aliphatic rings. The molecule has 94 valence electrons. The first-order valence-corrected chi connectivity index (χ1v) is 6.51. The molecule has 0 fully saturated rings. The molecule has 0 saturated carbocycles. The van der Waals surface area contributed by atoms with Gasteiger partial charge in [-0.2, -0.15) is 0 Å². The highest BCUT2D eigenvalue weighted by molar-refractivity contribution is 9.10. The van der Waals surface area contributed by atoms with Crippen molar-refractivity contribution >= 4 is 32.8 Å². The van der Waals surface area contributed by atoms with Gasteiger partial charge in [-0.15, -0.1) is 0 Å². The van der Waals surface area contributed by atoms with Crippen LogP contribution >= 0.6 is 15.9 Å². The van der Waals surface area contributed by atoms with E-state index in [4.69, 9.17) is 4.74 Å². The second kappa shape index (κ2) is 5.35. The van der Waals surface area contributed by atoms with Crippen LogP contribution in [0.3, 0.4) is 0 Å². The number of carbonyl (C=O) groups excluding carboxylic acids is 1. The van der Waals surface area contributed by atoms with E-state index < -0.39 is 0 Å². The Morgan fingerprint density at radius 1 is 1.39 bits per heavy atom. The molecule has 2 rings (SSSR count). The third-order valence-corrected chi connectivity index (χ3v) is 3.57. The van der Waals surface area contributed by atoms with Crippen molar-refractivity contribution in [3.8, 4) is 5.75 Å². The monoisotopic (exact) mass is 309 g/mol. The molecule has 4 nitrogen and oxygen atoms in total. The minimum atomic E-state index is -0.366. The van der Waals surface area contributed by atoms with Crippen LogP contribution in [0.4, 0.5) is 0 Å². The fourth-order valence-electron chi connectivity index (χ4n) is 1.58. The number of H-pyrrole nitrogens is 1. The van der Waals surface area contributed by atoms with E-state index in [1.165, 1.54) is 6.07 Å². The van der Waals surface area contributed by atoms with E-state index >= 15 is 0 Å². The van der Waals surface area contributed by atoms with Crippen LogP contribution in [-0.4, -0.2) is 15.8 Å². The van der Waals surface area contributed by atoms with Crippen LogP contribution in [0.15, 0.2) is 35.1 Å². The van der Waals surface area contributed by atoms with Crippen molar-refractivity contribution in [3.63, 3.8) is 0 Å². The predicted octanol–water partition coefficient (Wildman–Crippen LogP) is 2.61. The van der Waals surface area contributed by atoms with Crippen LogP contribution in [0.5, 0.6) is 5.75 Å². The summed E-state index contributed by atoms with van der Waals surface area (Å²) in [5.41, 5.74) is 0.311. The Morgan fingerprint density at radius 2 is 2.17 bits per heavy atom. The number of aromatic nitrogens is 1. The van der Waals surface area contributed by atoms with E-state index in [9.17, 15) is 9.59 Å². The normalized spacial score (nSPS) is 12.3. The Kier molecular flexibility index (Phi) is 3.81. The van der Waals surface area contributed by atoms with Crippen molar-refractivity contribution in [1.82, 2.24) is 4.98 Å². The van der Waals surface area contributed by atoms with Gasteiger partial charge >= 0.3 is 5.97 Å². The Labute approximate surface area is 112 Å². The summed E-state index contributed by atoms with van der Waals surface area (Å²) < 4.78 is 5.28. The molecule has 1 N–H and O–H groups in total. The lowest BCUT2D eigenvalue weighted by atomic mass is 10.2. The van der Waals surface area contributed by atoms with E-state index in [1.54, 1.807) is 18.2 Å². The summed E-state index contributed by atoms with van der Waals surface area (Å²) in [6.45, 7) is 1.88. The van der Waals surface area contributed by atoms with Crippen molar-refractivity contribution in [3.05, 3.63) is 40.7 Å². The van der Waals surface area contributed by atoms with Gasteiger partial charge in [0.25, 0.3) is 0 Å². The molecule has 1 atom stereocenters. The summed E-state index contributed by atoms with van der Waals surface area (Å²) in [4.78, 5) is 25.3. The Hall–Kier alpha value is -1.62. The molecule has 0 aliphatic heterocycles. The second-order valence-electron chi connectivity index (χ2n) is 3.84. The van der Waals surface area contributed by atoms with E-state index in [-0.39, 0.29) is 16.4 Å². The molecule has 0 aliphatic carbocycles. The van der Waals surface area contributed by atoms with Gasteiger partial charge in [0.2, 0.25) is 5.56 Å². The number of hydrogen-bond donors (Lipinski definition) is 1. The molecular weight excluding hydrogens is 298 g/mol. The number of para-hydroxylation sites is 1. The largest absolute Gasteiger partial charge is 0.423 e. The number of hydrogen-bond acceptors (Lipinski definition) is 3. The van der Waals surface area contributed by atoms with Crippen LogP contribution in [0.2, 0.25) is 0 Å². The molecule has 1 aromatic heterocycles. The van der Waals surface area contributed by atoms with Gasteiger partial charge in [0.1, 0.15) is 4.83 Å². The van der Waals surface area contributed by atoms with Crippen molar-refractivity contribution < 1.29 is 9.53 Å². The fourth-order valence-corrected chi connectivity index (χ4v) is 1.67. The van der Waals surface area contributed by atoms with Crippen molar-refractivity contribution in [2.75, 3.05) is 0 Å². The van der Waals surface area contributed by atoms with Gasteiger partial charge in [0.15, 0.2) is 5.75 Å². The summed E-state index contributed by atoms with van der Waals surface area (Å²) >= 11 is 3.23. The Bertz CT molecular complexity index is 635. The zero-order chi connectivity index (χ0) is 13.1. The van der Waals surface area contributed by atoms with Crippen molar-refractivity contribution in [2.24, 2.45) is 0 Å². The molecule has 0 amide bonds. The van der Waals surface area contributed by atoms with E-state index in [2.05, 4.69) is 20.9 Å². The number of halogens is 1. The standard InChI is InChI=1S/C13H12BrNO3/c1-2-9(14)13(17)18-10-5-3-4-8-6-7-11(16)15-12(8)10/h3-7,9H,2H2,1H3,(H,15,16). The summed E-state index contributed by atoms with van der Waals surface area (Å²) in [7, 11) is 0. The maximum Gasteiger partial charge on any atom is 0.325 e. The maximum absolute atomic E-state index is 11.7. The Morgan fingerprint density at radius 3 is 2.89 bits per heavy atom. The lowest BCUT2D eigenvalue weighted by Crippen LogP contribution is -2.20. The number of pyridine rings is 1. The predicted molar refractivity (Wildman–Crippen MR) is 73.2 cm³/mol. The lowest BCUT2D eigenvalue weighted by Gasteiger charge is -2.09. The topological polar surface area (TPSA) is 59.2 Å². The highest BCUT2D eigenvalue weighted by atomic mass is 79.9. The SMILES string of the molecule is CCC(Br)C(=O)Oc1cccc2ccc(=O)[nH]c12. The smallest absolute Gasteiger partial charge is 0.325 e. The zero-order valence-corrected chi connectivity index (χ0v) is 11.4. The van der Waals surface area contributed by atoms with Crippen LogP contribution in [-0.2, 0) is 4.79 Å². The van der Waals surface area contributed by atoms with Gasteiger partial charge < -0.3 is 9.72 Å². The number of fused-ring (bicyclic) bond motifs is 1. The van der Waals surface area contributed by atoms with Crippen LogP contribution in [0.1, 0.15) is 13.3 Å². The number of rotatable bonds is 3. The number of nitrogens with one attached hydrogen (secondary N) is 1. The first-order valence-electron chi connectivity index (χ1n) is 5.59. The third kappa shape index (κ3) is 2.61. The zero-order valence-electron chi connectivity index (χ0n) is 9.77. The molecule has 0 bridgehead atoms. The molecule has 1 unspecified atom stereocenters. The van der Waals surface area contributed by atoms with Crippen LogP contribution in [0, 0.1) is 0 Å². The minimum absolute atomic E-state index is 0.225. The number of ether oxygens (including phenoxy) is 1. The third-order valence-electron chi connectivity index (χ3n) is 2.55. The van der Waals surface area contributed by atoms with Gasteiger partial charge in [-0.05, 0) is 18.6 Å². The van der Waals surface area contributed by atoms with E-state index in [0.717, 1.165) is 5.39 Å². The average Bonchev–Trinajstić information content (AvgIpc) is 2.38.